The molecule has 1 fully saturated rings. The Morgan fingerprint density at radius 2 is 2.14 bits per heavy atom. The molecule has 150 valence electrons. The van der Waals surface area contributed by atoms with E-state index in [-0.39, 0.29) is 17.4 Å². The molecule has 2 aromatic rings. The first-order valence-electron chi connectivity index (χ1n) is 9.54. The molecule has 3 atom stereocenters. The topological polar surface area (TPSA) is 73.4 Å². The second-order valence-corrected chi connectivity index (χ2v) is 7.51. The second kappa shape index (κ2) is 7.35. The van der Waals surface area contributed by atoms with Crippen molar-refractivity contribution in [2.45, 2.75) is 58.1 Å². The quantitative estimate of drug-likeness (QED) is 0.813. The number of Topliss-reactive ketones (excluding diaryl/α,β-unsaturated/α-hetero) is 1. The summed E-state index contributed by atoms with van der Waals surface area (Å²) in [5.74, 6) is -0.545. The minimum atomic E-state index is -0.663. The molecule has 2 aliphatic heterocycles. The van der Waals surface area contributed by atoms with Crippen LogP contribution in [0.15, 0.2) is 18.2 Å². The number of ether oxygens (including phenoxy) is 1. The number of hydrogen-bond acceptors (Lipinski definition) is 5. The van der Waals surface area contributed by atoms with E-state index in [1.54, 1.807) is 0 Å². The van der Waals surface area contributed by atoms with Crippen LogP contribution in [-0.4, -0.2) is 38.9 Å². The van der Waals surface area contributed by atoms with Gasteiger partial charge in [0, 0.05) is 44.2 Å². The Labute approximate surface area is 162 Å². The lowest BCUT2D eigenvalue weighted by molar-refractivity contribution is -0.0535. The first kappa shape index (κ1) is 19.2. The number of ketones is 1. The van der Waals surface area contributed by atoms with E-state index in [0.717, 1.165) is 29.6 Å². The molecule has 0 bridgehead atoms. The van der Waals surface area contributed by atoms with Gasteiger partial charge in [-0.2, -0.15) is 0 Å². The second-order valence-electron chi connectivity index (χ2n) is 7.51. The Balaban J connectivity index is 1.47. The first-order chi connectivity index (χ1) is 13.4. The van der Waals surface area contributed by atoms with E-state index in [4.69, 9.17) is 10.5 Å². The fourth-order valence-electron chi connectivity index (χ4n) is 4.30. The summed E-state index contributed by atoms with van der Waals surface area (Å²) in [4.78, 5) is 18.5. The highest BCUT2D eigenvalue weighted by Crippen LogP contribution is 2.34. The lowest BCUT2D eigenvalue weighted by atomic mass is 9.93. The molecule has 0 spiro atoms. The Kier molecular flexibility index (Phi) is 5.03. The number of fused-ring (bicyclic) bond motifs is 1. The summed E-state index contributed by atoms with van der Waals surface area (Å²) in [5, 5.41) is 0. The average molecular weight is 390 g/mol. The van der Waals surface area contributed by atoms with Crippen LogP contribution in [0.25, 0.3) is 0 Å². The average Bonchev–Trinajstić information content (AvgIpc) is 3.21. The molecular weight excluding hydrogens is 366 g/mol. The highest BCUT2D eigenvalue weighted by molar-refractivity contribution is 5.90. The molecule has 1 aromatic heterocycles. The molecule has 0 unspecified atom stereocenters. The number of carbonyl (C=O) groups is 1. The van der Waals surface area contributed by atoms with Crippen molar-refractivity contribution in [1.82, 2.24) is 14.5 Å². The number of benzene rings is 1. The van der Waals surface area contributed by atoms with E-state index in [9.17, 15) is 13.6 Å². The molecule has 4 rings (SSSR count). The number of rotatable bonds is 4. The maximum atomic E-state index is 14.1. The van der Waals surface area contributed by atoms with Gasteiger partial charge in [-0.25, -0.2) is 13.8 Å². The van der Waals surface area contributed by atoms with E-state index in [1.165, 1.54) is 6.92 Å². The number of aromatic nitrogens is 2. The zero-order valence-corrected chi connectivity index (χ0v) is 16.0. The van der Waals surface area contributed by atoms with E-state index >= 15 is 0 Å². The fraction of sp³-hybridized carbons (Fsp3) is 0.500. The molecule has 0 radical (unpaired) electrons. The highest BCUT2D eigenvalue weighted by atomic mass is 19.1. The van der Waals surface area contributed by atoms with Gasteiger partial charge in [0.1, 0.15) is 17.7 Å². The van der Waals surface area contributed by atoms with Crippen molar-refractivity contribution in [3.05, 3.63) is 52.6 Å². The van der Waals surface area contributed by atoms with Gasteiger partial charge in [0.25, 0.3) is 0 Å². The Hall–Kier alpha value is -2.16. The van der Waals surface area contributed by atoms with Gasteiger partial charge in [-0.15, -0.1) is 0 Å². The number of hydrogen-bond donors (Lipinski definition) is 1. The Bertz CT molecular complexity index is 914. The van der Waals surface area contributed by atoms with Crippen molar-refractivity contribution in [1.29, 1.82) is 0 Å². The third-order valence-corrected chi connectivity index (χ3v) is 5.67. The van der Waals surface area contributed by atoms with E-state index in [0.29, 0.717) is 38.5 Å². The van der Waals surface area contributed by atoms with Gasteiger partial charge >= 0.3 is 0 Å². The standard InChI is InChI=1S/C20H24F2N4O2/c1-3-26-18-9-25(8-17(18)24-20(26)11(2)27)13-7-16(23)19(28-10-13)14-6-12(21)4-5-15(14)22/h4-6,13,16,19H,3,7-10,23H2,1-2H3/t13-,16+,19-/m1/s1. The zero-order valence-electron chi connectivity index (χ0n) is 16.0. The smallest absolute Gasteiger partial charge is 0.195 e. The number of halogens is 2. The molecule has 6 nitrogen and oxygen atoms in total. The van der Waals surface area contributed by atoms with Gasteiger partial charge in [-0.1, -0.05) is 0 Å². The summed E-state index contributed by atoms with van der Waals surface area (Å²) < 4.78 is 35.5. The molecule has 2 N–H and O–H groups in total. The largest absolute Gasteiger partial charge is 0.370 e. The van der Waals surface area contributed by atoms with Crippen LogP contribution in [0.2, 0.25) is 0 Å². The third kappa shape index (κ3) is 3.25. The summed E-state index contributed by atoms with van der Waals surface area (Å²) in [6, 6.07) is 2.96. The van der Waals surface area contributed by atoms with Crippen molar-refractivity contribution < 1.29 is 18.3 Å². The minimum Gasteiger partial charge on any atom is -0.370 e. The number of carbonyl (C=O) groups excluding carboxylic acids is 1. The van der Waals surface area contributed by atoms with Crippen LogP contribution in [0.3, 0.4) is 0 Å². The molecule has 28 heavy (non-hydrogen) atoms. The van der Waals surface area contributed by atoms with Crippen molar-refractivity contribution >= 4 is 5.78 Å². The molecule has 0 aliphatic carbocycles. The van der Waals surface area contributed by atoms with Crippen LogP contribution in [0.5, 0.6) is 0 Å². The van der Waals surface area contributed by atoms with Gasteiger partial charge < -0.3 is 15.0 Å². The SMILES string of the molecule is CCn1c(C(C)=O)nc2c1CN([C@H]1CO[C@H](c3cc(F)ccc3F)[C@@H](N)C1)C2. The maximum absolute atomic E-state index is 14.1. The molecular formula is C20H24F2N4O2. The highest BCUT2D eigenvalue weighted by Gasteiger charge is 2.38. The van der Waals surface area contributed by atoms with Crippen LogP contribution in [0.1, 0.15) is 53.9 Å². The molecule has 2 aliphatic rings. The fourth-order valence-corrected chi connectivity index (χ4v) is 4.30. The van der Waals surface area contributed by atoms with E-state index in [1.807, 2.05) is 11.5 Å². The first-order valence-corrected chi connectivity index (χ1v) is 9.54. The molecule has 1 aromatic carbocycles. The summed E-state index contributed by atoms with van der Waals surface area (Å²) in [5.41, 5.74) is 8.42. The van der Waals surface area contributed by atoms with Crippen LogP contribution in [0, 0.1) is 11.6 Å². The van der Waals surface area contributed by atoms with Crippen molar-refractivity contribution in [3.63, 3.8) is 0 Å². The van der Waals surface area contributed by atoms with Crippen molar-refractivity contribution in [2.75, 3.05) is 6.61 Å². The van der Waals surface area contributed by atoms with Gasteiger partial charge in [-0.05, 0) is 31.5 Å². The van der Waals surface area contributed by atoms with E-state index in [2.05, 4.69) is 9.88 Å². The third-order valence-electron chi connectivity index (χ3n) is 5.67. The number of imidazole rings is 1. The summed E-state index contributed by atoms with van der Waals surface area (Å²) in [6.07, 6.45) is -0.0554. The molecule has 1 saturated heterocycles. The van der Waals surface area contributed by atoms with Gasteiger partial charge in [0.2, 0.25) is 0 Å². The summed E-state index contributed by atoms with van der Waals surface area (Å²) in [6.45, 7) is 5.89. The molecule has 0 saturated carbocycles. The van der Waals surface area contributed by atoms with E-state index < -0.39 is 23.8 Å². The van der Waals surface area contributed by atoms with Gasteiger partial charge in [0.05, 0.1) is 18.0 Å². The van der Waals surface area contributed by atoms with Gasteiger partial charge in [0.15, 0.2) is 11.6 Å². The zero-order chi connectivity index (χ0) is 20.0. The van der Waals surface area contributed by atoms with Crippen molar-refractivity contribution in [3.8, 4) is 0 Å². The lowest BCUT2D eigenvalue weighted by Gasteiger charge is -2.38. The predicted molar refractivity (Wildman–Crippen MR) is 98.6 cm³/mol. The molecule has 0 amide bonds. The van der Waals surface area contributed by atoms with Crippen LogP contribution >= 0.6 is 0 Å². The monoisotopic (exact) mass is 390 g/mol. The predicted octanol–water partition coefficient (Wildman–Crippen LogP) is 2.56. The number of nitrogens with zero attached hydrogens (tertiary/aromatic N) is 3. The molecule has 8 heteroatoms. The summed E-state index contributed by atoms with van der Waals surface area (Å²) >= 11 is 0. The van der Waals surface area contributed by atoms with Crippen molar-refractivity contribution in [2.24, 2.45) is 5.73 Å². The molecule has 3 heterocycles. The van der Waals surface area contributed by atoms with Gasteiger partial charge in [-0.3, -0.25) is 9.69 Å². The number of nitrogens with two attached hydrogens (primary N) is 1. The Morgan fingerprint density at radius 3 is 2.82 bits per heavy atom. The van der Waals surface area contributed by atoms with Crippen LogP contribution < -0.4 is 5.73 Å². The Morgan fingerprint density at radius 1 is 1.36 bits per heavy atom. The van der Waals surface area contributed by atoms with Crippen LogP contribution in [0.4, 0.5) is 8.78 Å². The minimum absolute atomic E-state index is 0.0363. The lowest BCUT2D eigenvalue weighted by Crippen LogP contribution is -2.48. The maximum Gasteiger partial charge on any atom is 0.195 e. The normalized spacial score (nSPS) is 25.1. The summed E-state index contributed by atoms with van der Waals surface area (Å²) in [7, 11) is 0. The van der Waals surface area contributed by atoms with Crippen LogP contribution in [-0.2, 0) is 24.4 Å².